The highest BCUT2D eigenvalue weighted by atomic mass is 31.2. The van der Waals surface area contributed by atoms with Crippen LogP contribution in [-0.2, 0) is 65.4 Å². The van der Waals surface area contributed by atoms with Crippen molar-refractivity contribution in [2.24, 2.45) is 0 Å². The summed E-state index contributed by atoms with van der Waals surface area (Å²) in [5.74, 6) is -2.28. The van der Waals surface area contributed by atoms with Gasteiger partial charge in [0.25, 0.3) is 0 Å². The Morgan fingerprint density at radius 2 is 0.490 bits per heavy atom. The van der Waals surface area contributed by atoms with Crippen LogP contribution >= 0.6 is 15.6 Å². The maximum Gasteiger partial charge on any atom is 0.472 e. The molecule has 0 rings (SSSR count). The van der Waals surface area contributed by atoms with Gasteiger partial charge in [-0.05, 0) is 141 Å². The van der Waals surface area contributed by atoms with Gasteiger partial charge in [-0.2, -0.15) is 0 Å². The molecule has 3 N–H and O–H groups in total. The van der Waals surface area contributed by atoms with E-state index in [-0.39, 0.29) is 25.7 Å². The SMILES string of the molecule is CCCCC/C=C\C/C=C\C/C=C\C/C=C\C/C=C\CCC(=O)O[C@H](COC(=O)CCCCCCC/C=C\CCCCCCCC)COP(=O)(O)OC[C@@H](O)COP(=O)(O)OC[C@@H](COC(=O)CCCCCCC/C=C\CCCCCCCC)OC(=O)CCCCCCCCC/C=C\CCCCCC. The van der Waals surface area contributed by atoms with Crippen LogP contribution in [0.1, 0.15) is 362 Å². The third kappa shape index (κ3) is 76.2. The maximum absolute atomic E-state index is 13.1. The fourth-order valence-corrected chi connectivity index (χ4v) is 12.7. The van der Waals surface area contributed by atoms with Crippen molar-refractivity contribution >= 4 is 39.5 Å². The second-order valence-electron chi connectivity index (χ2n) is 27.7. The Morgan fingerprint density at radius 3 is 0.817 bits per heavy atom. The lowest BCUT2D eigenvalue weighted by Crippen LogP contribution is -2.30. The molecule has 5 atom stereocenters. The molecule has 0 saturated heterocycles. The first-order chi connectivity index (χ1) is 50.7. The lowest BCUT2D eigenvalue weighted by molar-refractivity contribution is -0.161. The summed E-state index contributed by atoms with van der Waals surface area (Å²) in [4.78, 5) is 73.1. The molecule has 0 aromatic rings. The third-order valence-corrected chi connectivity index (χ3v) is 19.4. The zero-order valence-corrected chi connectivity index (χ0v) is 67.7. The van der Waals surface area contributed by atoms with E-state index in [1.165, 1.54) is 122 Å². The predicted octanol–water partition coefficient (Wildman–Crippen LogP) is 24.3. The first-order valence-electron chi connectivity index (χ1n) is 41.5. The summed E-state index contributed by atoms with van der Waals surface area (Å²) < 4.78 is 68.6. The molecule has 0 aromatic carbocycles. The molecule has 0 fully saturated rings. The van der Waals surface area contributed by atoms with E-state index in [1.807, 2.05) is 18.2 Å². The van der Waals surface area contributed by atoms with E-state index in [0.29, 0.717) is 32.1 Å². The highest BCUT2D eigenvalue weighted by molar-refractivity contribution is 7.47. The highest BCUT2D eigenvalue weighted by Gasteiger charge is 2.30. The Hall–Kier alpha value is -4.02. The number of phosphoric acid groups is 2. The first-order valence-corrected chi connectivity index (χ1v) is 44.5. The van der Waals surface area contributed by atoms with E-state index in [0.717, 1.165) is 154 Å². The third-order valence-electron chi connectivity index (χ3n) is 17.5. The number of allylic oxidation sites excluding steroid dienone is 16. The lowest BCUT2D eigenvalue weighted by atomic mass is 10.1. The van der Waals surface area contributed by atoms with Crippen LogP contribution in [0.2, 0.25) is 0 Å². The van der Waals surface area contributed by atoms with Gasteiger partial charge >= 0.3 is 39.5 Å². The predicted molar refractivity (Wildman–Crippen MR) is 427 cm³/mol. The number of hydrogen-bond acceptors (Lipinski definition) is 15. The topological polar surface area (TPSA) is 237 Å². The number of aliphatic hydroxyl groups excluding tert-OH is 1. The van der Waals surface area contributed by atoms with Crippen molar-refractivity contribution in [1.82, 2.24) is 0 Å². The molecule has 104 heavy (non-hydrogen) atoms. The van der Waals surface area contributed by atoms with Crippen LogP contribution in [0.3, 0.4) is 0 Å². The van der Waals surface area contributed by atoms with Gasteiger partial charge in [-0.3, -0.25) is 37.3 Å². The van der Waals surface area contributed by atoms with Crippen molar-refractivity contribution in [3.63, 3.8) is 0 Å². The largest absolute Gasteiger partial charge is 0.472 e. The van der Waals surface area contributed by atoms with E-state index in [2.05, 4.69) is 107 Å². The first kappa shape index (κ1) is 100.0. The van der Waals surface area contributed by atoms with Crippen LogP contribution in [0, 0.1) is 0 Å². The molecule has 19 heteroatoms. The molecule has 0 aliphatic rings. The van der Waals surface area contributed by atoms with Gasteiger partial charge in [0.1, 0.15) is 19.3 Å². The van der Waals surface area contributed by atoms with Crippen molar-refractivity contribution in [2.45, 2.75) is 380 Å². The molecule has 2 unspecified atom stereocenters. The molecule has 0 heterocycles. The van der Waals surface area contributed by atoms with Crippen molar-refractivity contribution in [3.8, 4) is 0 Å². The van der Waals surface area contributed by atoms with Gasteiger partial charge in [0.15, 0.2) is 12.2 Å². The lowest BCUT2D eigenvalue weighted by Gasteiger charge is -2.21. The molecule has 17 nitrogen and oxygen atoms in total. The monoisotopic (exact) mass is 1510 g/mol. The summed E-state index contributed by atoms with van der Waals surface area (Å²) >= 11 is 0. The van der Waals surface area contributed by atoms with Crippen LogP contribution < -0.4 is 0 Å². The zero-order valence-electron chi connectivity index (χ0n) is 65.9. The van der Waals surface area contributed by atoms with Crippen molar-refractivity contribution in [2.75, 3.05) is 39.6 Å². The molecular formula is C85H150O17P2. The number of phosphoric ester groups is 2. The molecular weight excluding hydrogens is 1350 g/mol. The Balaban J connectivity index is 5.43. The van der Waals surface area contributed by atoms with Gasteiger partial charge in [-0.15, -0.1) is 0 Å². The standard InChI is InChI=1S/C85H150O17P2/c1-5-9-13-17-21-25-29-33-37-38-39-40-44-48-52-56-60-64-68-72-85(90)102-81(76-96-83(88)70-66-62-58-54-50-46-42-35-31-27-23-19-15-11-7-3)78-100-104(93,94)98-74-79(86)73-97-103(91,92)99-77-80(101-84(89)71-67-63-59-55-51-47-43-36-32-28-24-20-16-12-8-4)75-95-82(87)69-65-61-57-53-49-45-41-34-30-26-22-18-14-10-6-2/h21,25,28,32-35,37,39-42,48,52,60,64,79-81,86H,5-20,22-24,26-27,29-31,36,38,43-47,49-51,53-59,61-63,65-78H2,1-4H3,(H,91,92)(H,93,94)/b25-21-,32-28-,37-33-,40-39-,41-34-,42-35-,52-48-,64-60-/t79-,80+,81+/m0/s1. The fourth-order valence-electron chi connectivity index (χ4n) is 11.1. The maximum atomic E-state index is 13.1. The second-order valence-corrected chi connectivity index (χ2v) is 30.6. The molecule has 0 radical (unpaired) electrons. The van der Waals surface area contributed by atoms with Crippen molar-refractivity contribution in [1.29, 1.82) is 0 Å². The van der Waals surface area contributed by atoms with Gasteiger partial charge in [0.05, 0.1) is 26.4 Å². The van der Waals surface area contributed by atoms with Crippen LogP contribution in [0.25, 0.3) is 0 Å². The van der Waals surface area contributed by atoms with E-state index < -0.39 is 97.5 Å². The number of hydrogen-bond donors (Lipinski definition) is 3. The summed E-state index contributed by atoms with van der Waals surface area (Å²) in [6, 6.07) is 0. The highest BCUT2D eigenvalue weighted by Crippen LogP contribution is 2.45. The summed E-state index contributed by atoms with van der Waals surface area (Å²) in [5, 5.41) is 10.6. The Kier molecular flexibility index (Phi) is 74.2. The molecule has 0 saturated carbocycles. The molecule has 0 aliphatic heterocycles. The molecule has 602 valence electrons. The minimum Gasteiger partial charge on any atom is -0.462 e. The van der Waals surface area contributed by atoms with Crippen LogP contribution in [-0.4, -0.2) is 96.7 Å². The van der Waals surface area contributed by atoms with E-state index in [1.54, 1.807) is 0 Å². The quantitative estimate of drug-likeness (QED) is 0.0169. The Bertz CT molecular complexity index is 2350. The summed E-state index contributed by atoms with van der Waals surface area (Å²) in [7, 11) is -9.98. The van der Waals surface area contributed by atoms with Crippen molar-refractivity contribution < 1.29 is 80.2 Å². The van der Waals surface area contributed by atoms with E-state index in [4.69, 9.17) is 37.0 Å². The number of rotatable bonds is 78. The number of carbonyl (C=O) groups is 4. The van der Waals surface area contributed by atoms with Gasteiger partial charge in [0, 0.05) is 25.7 Å². The molecule has 0 aromatic heterocycles. The molecule has 0 aliphatic carbocycles. The molecule has 0 bridgehead atoms. The van der Waals surface area contributed by atoms with Crippen LogP contribution in [0.4, 0.5) is 0 Å². The Labute approximate surface area is 633 Å². The Morgan fingerprint density at radius 1 is 0.269 bits per heavy atom. The summed E-state index contributed by atoms with van der Waals surface area (Å²) in [6.07, 6.45) is 82.5. The van der Waals surface area contributed by atoms with Crippen LogP contribution in [0.15, 0.2) is 97.2 Å². The van der Waals surface area contributed by atoms with Gasteiger partial charge < -0.3 is 33.8 Å². The molecule has 0 spiro atoms. The zero-order chi connectivity index (χ0) is 76.0. The summed E-state index contributed by atoms with van der Waals surface area (Å²) in [6.45, 7) is 4.77. The van der Waals surface area contributed by atoms with Gasteiger partial charge in [-0.1, -0.05) is 292 Å². The van der Waals surface area contributed by atoms with Crippen LogP contribution in [0.5, 0.6) is 0 Å². The second kappa shape index (κ2) is 77.1. The smallest absolute Gasteiger partial charge is 0.462 e. The van der Waals surface area contributed by atoms with Gasteiger partial charge in [0.2, 0.25) is 0 Å². The van der Waals surface area contributed by atoms with E-state index in [9.17, 15) is 43.2 Å². The molecule has 0 amide bonds. The number of carbonyl (C=O) groups excluding carboxylic acids is 4. The number of unbranched alkanes of at least 4 members (excludes halogenated alkanes) is 36. The minimum absolute atomic E-state index is 0.0295. The van der Waals surface area contributed by atoms with Crippen molar-refractivity contribution in [3.05, 3.63) is 97.2 Å². The number of ether oxygens (including phenoxy) is 4. The average molecular weight is 1510 g/mol. The number of esters is 4. The minimum atomic E-state index is -5.00. The summed E-state index contributed by atoms with van der Waals surface area (Å²) in [5.41, 5.74) is 0. The average Bonchev–Trinajstić information content (AvgIpc) is 0.943. The fraction of sp³-hybridized carbons (Fsp3) is 0.765. The normalized spacial score (nSPS) is 14.3. The number of aliphatic hydroxyl groups is 1. The van der Waals surface area contributed by atoms with E-state index >= 15 is 0 Å². The van der Waals surface area contributed by atoms with Gasteiger partial charge in [-0.25, -0.2) is 9.13 Å².